The molecular formula is C17H18N4OS2. The number of nitrogens with zero attached hydrogens (tertiary/aromatic N) is 3. The smallest absolute Gasteiger partial charge is 0.231 e. The van der Waals surface area contributed by atoms with Crippen LogP contribution in [0.5, 0.6) is 0 Å². The molecule has 0 saturated heterocycles. The van der Waals surface area contributed by atoms with E-state index in [-0.39, 0.29) is 11.2 Å². The summed E-state index contributed by atoms with van der Waals surface area (Å²) in [7, 11) is 1.92. The maximum atomic E-state index is 11.8. The molecule has 0 bridgehead atoms. The molecule has 0 spiro atoms. The minimum atomic E-state index is -0.370. The van der Waals surface area contributed by atoms with Crippen LogP contribution in [0, 0.1) is 0 Å². The van der Waals surface area contributed by atoms with Gasteiger partial charge < -0.3 is 10.3 Å². The van der Waals surface area contributed by atoms with Crippen molar-refractivity contribution in [3.05, 3.63) is 64.1 Å². The van der Waals surface area contributed by atoms with Crippen molar-refractivity contribution < 1.29 is 4.79 Å². The molecule has 5 nitrogen and oxygen atoms in total. The Morgan fingerprint density at radius 3 is 2.71 bits per heavy atom. The van der Waals surface area contributed by atoms with E-state index >= 15 is 0 Å². The number of carbonyl (C=O) groups is 1. The first-order valence-electron chi connectivity index (χ1n) is 7.54. The van der Waals surface area contributed by atoms with Crippen LogP contribution in [0.2, 0.25) is 0 Å². The Morgan fingerprint density at radius 1 is 1.25 bits per heavy atom. The van der Waals surface area contributed by atoms with E-state index in [1.54, 1.807) is 11.3 Å². The Labute approximate surface area is 148 Å². The molecule has 3 aromatic rings. The molecule has 24 heavy (non-hydrogen) atoms. The molecule has 2 N–H and O–H groups in total. The number of amides is 1. The fraction of sp³-hybridized carbons (Fsp3) is 0.235. The average molecular weight is 358 g/mol. The lowest BCUT2D eigenvalue weighted by Gasteiger charge is -2.12. The highest BCUT2D eigenvalue weighted by Crippen LogP contribution is 2.25. The van der Waals surface area contributed by atoms with Gasteiger partial charge in [0.1, 0.15) is 5.82 Å². The number of hydrogen-bond donors (Lipinski definition) is 1. The molecule has 0 saturated carbocycles. The van der Waals surface area contributed by atoms with Crippen molar-refractivity contribution in [3.8, 4) is 0 Å². The van der Waals surface area contributed by atoms with E-state index < -0.39 is 0 Å². The lowest BCUT2D eigenvalue weighted by Crippen LogP contribution is -2.28. The first kappa shape index (κ1) is 16.7. The van der Waals surface area contributed by atoms with Crippen molar-refractivity contribution in [1.82, 2.24) is 14.8 Å². The van der Waals surface area contributed by atoms with Crippen LogP contribution < -0.4 is 5.73 Å². The van der Waals surface area contributed by atoms with Crippen LogP contribution in [-0.2, 0) is 24.7 Å². The summed E-state index contributed by atoms with van der Waals surface area (Å²) in [5, 5.41) is 10.9. The summed E-state index contributed by atoms with van der Waals surface area (Å²) in [6, 6.07) is 14.0. The Hall–Kier alpha value is -2.12. The lowest BCUT2D eigenvalue weighted by atomic mass is 10.1. The molecule has 0 unspecified atom stereocenters. The molecule has 1 aromatic carbocycles. The topological polar surface area (TPSA) is 73.8 Å². The number of rotatable bonds is 7. The second-order valence-electron chi connectivity index (χ2n) is 5.41. The predicted octanol–water partition coefficient (Wildman–Crippen LogP) is 2.66. The minimum absolute atomic E-state index is 0.341. The van der Waals surface area contributed by atoms with Gasteiger partial charge in [-0.15, -0.1) is 21.5 Å². The monoisotopic (exact) mass is 358 g/mol. The second kappa shape index (κ2) is 7.63. The van der Waals surface area contributed by atoms with Crippen molar-refractivity contribution in [2.45, 2.75) is 23.2 Å². The third-order valence-corrected chi connectivity index (χ3v) is 5.79. The van der Waals surface area contributed by atoms with Gasteiger partial charge in [-0.3, -0.25) is 4.79 Å². The van der Waals surface area contributed by atoms with E-state index in [1.807, 2.05) is 53.4 Å². The molecule has 3 rings (SSSR count). The van der Waals surface area contributed by atoms with Gasteiger partial charge in [-0.05, 0) is 23.4 Å². The van der Waals surface area contributed by atoms with Crippen molar-refractivity contribution in [2.75, 3.05) is 0 Å². The average Bonchev–Trinajstić information content (AvgIpc) is 3.20. The van der Waals surface area contributed by atoms with Gasteiger partial charge in [-0.25, -0.2) is 0 Å². The summed E-state index contributed by atoms with van der Waals surface area (Å²) in [6.45, 7) is 0. The van der Waals surface area contributed by atoms with Gasteiger partial charge in [0.25, 0.3) is 0 Å². The van der Waals surface area contributed by atoms with Gasteiger partial charge in [0, 0.05) is 18.3 Å². The summed E-state index contributed by atoms with van der Waals surface area (Å²) in [6.07, 6.45) is 1.32. The molecule has 0 radical (unpaired) electrons. The molecule has 0 aliphatic rings. The van der Waals surface area contributed by atoms with E-state index in [1.165, 1.54) is 16.6 Å². The van der Waals surface area contributed by atoms with Crippen LogP contribution in [0.1, 0.15) is 16.3 Å². The third kappa shape index (κ3) is 4.04. The lowest BCUT2D eigenvalue weighted by molar-refractivity contribution is -0.117. The summed E-state index contributed by atoms with van der Waals surface area (Å²) in [5.41, 5.74) is 6.66. The Bertz CT molecular complexity index is 799. The van der Waals surface area contributed by atoms with Gasteiger partial charge in [0.2, 0.25) is 5.91 Å². The standard InChI is InChI=1S/C17H18N4OS2/c1-21-15(11-13-8-5-9-23-13)19-20-17(21)24-14(16(18)22)10-12-6-3-2-4-7-12/h2-9,14H,10-11H2,1H3,(H2,18,22)/t14-/m1/s1. The van der Waals surface area contributed by atoms with Crippen molar-refractivity contribution >= 4 is 29.0 Å². The quantitative estimate of drug-likeness (QED) is 0.659. The third-order valence-electron chi connectivity index (χ3n) is 3.67. The molecular weight excluding hydrogens is 340 g/mol. The summed E-state index contributed by atoms with van der Waals surface area (Å²) in [5.74, 6) is 0.537. The maximum absolute atomic E-state index is 11.8. The predicted molar refractivity (Wildman–Crippen MR) is 97.1 cm³/mol. The van der Waals surface area contributed by atoms with E-state index in [4.69, 9.17) is 5.73 Å². The second-order valence-corrected chi connectivity index (χ2v) is 7.61. The number of benzene rings is 1. The number of hydrogen-bond acceptors (Lipinski definition) is 5. The van der Waals surface area contributed by atoms with Crippen molar-refractivity contribution in [1.29, 1.82) is 0 Å². The highest BCUT2D eigenvalue weighted by Gasteiger charge is 2.21. The summed E-state index contributed by atoms with van der Waals surface area (Å²) < 4.78 is 1.94. The van der Waals surface area contributed by atoms with Crippen LogP contribution in [0.15, 0.2) is 53.0 Å². The molecule has 0 aliphatic heterocycles. The first-order chi connectivity index (χ1) is 11.6. The highest BCUT2D eigenvalue weighted by atomic mass is 32.2. The number of aromatic nitrogens is 3. The normalized spacial score (nSPS) is 12.2. The number of thioether (sulfide) groups is 1. The minimum Gasteiger partial charge on any atom is -0.369 e. The Kier molecular flexibility index (Phi) is 5.32. The molecule has 2 aromatic heterocycles. The molecule has 1 atom stereocenters. The molecule has 1 amide bonds. The number of thiophene rings is 1. The van der Waals surface area contributed by atoms with Gasteiger partial charge in [0.05, 0.1) is 5.25 Å². The number of primary amides is 1. The molecule has 0 aliphatic carbocycles. The molecule has 7 heteroatoms. The highest BCUT2D eigenvalue weighted by molar-refractivity contribution is 8.00. The van der Waals surface area contributed by atoms with Crippen molar-refractivity contribution in [3.63, 3.8) is 0 Å². The van der Waals surface area contributed by atoms with Crippen LogP contribution >= 0.6 is 23.1 Å². The zero-order valence-electron chi connectivity index (χ0n) is 13.3. The Morgan fingerprint density at radius 2 is 2.04 bits per heavy atom. The fourth-order valence-electron chi connectivity index (χ4n) is 2.33. The van der Waals surface area contributed by atoms with Crippen LogP contribution in [0.4, 0.5) is 0 Å². The van der Waals surface area contributed by atoms with E-state index in [0.29, 0.717) is 11.6 Å². The summed E-state index contributed by atoms with van der Waals surface area (Å²) in [4.78, 5) is 13.1. The van der Waals surface area contributed by atoms with Gasteiger partial charge in [0.15, 0.2) is 5.16 Å². The van der Waals surface area contributed by atoms with Crippen LogP contribution in [-0.4, -0.2) is 25.9 Å². The fourth-order valence-corrected chi connectivity index (χ4v) is 4.03. The van der Waals surface area contributed by atoms with Crippen molar-refractivity contribution in [2.24, 2.45) is 12.8 Å². The van der Waals surface area contributed by atoms with E-state index in [9.17, 15) is 4.79 Å². The molecule has 2 heterocycles. The van der Waals surface area contributed by atoms with E-state index in [0.717, 1.165) is 17.8 Å². The first-order valence-corrected chi connectivity index (χ1v) is 9.30. The van der Waals surface area contributed by atoms with Crippen LogP contribution in [0.25, 0.3) is 0 Å². The van der Waals surface area contributed by atoms with Gasteiger partial charge in [-0.1, -0.05) is 48.2 Å². The largest absolute Gasteiger partial charge is 0.369 e. The molecule has 0 fully saturated rings. The maximum Gasteiger partial charge on any atom is 0.231 e. The SMILES string of the molecule is Cn1c(Cc2cccs2)nnc1S[C@H](Cc1ccccc1)C(N)=O. The molecule has 124 valence electrons. The Balaban J connectivity index is 1.73. The summed E-state index contributed by atoms with van der Waals surface area (Å²) >= 11 is 3.06. The number of nitrogens with two attached hydrogens (primary N) is 1. The van der Waals surface area contributed by atoms with Gasteiger partial charge in [-0.2, -0.15) is 0 Å². The zero-order chi connectivity index (χ0) is 16.9. The van der Waals surface area contributed by atoms with E-state index in [2.05, 4.69) is 16.3 Å². The zero-order valence-corrected chi connectivity index (χ0v) is 14.9. The van der Waals surface area contributed by atoms with Gasteiger partial charge >= 0.3 is 0 Å². The number of carbonyl (C=O) groups excluding carboxylic acids is 1. The van der Waals surface area contributed by atoms with Crippen LogP contribution in [0.3, 0.4) is 0 Å².